The number of benzene rings is 2. The molecule has 0 spiro atoms. The highest BCUT2D eigenvalue weighted by Crippen LogP contribution is 2.28. The van der Waals surface area contributed by atoms with Crippen molar-refractivity contribution >= 4 is 29.0 Å². The highest BCUT2D eigenvalue weighted by atomic mass is 32.2. The van der Waals surface area contributed by atoms with Gasteiger partial charge in [-0.05, 0) is 56.7 Å². The molecule has 1 amide bonds. The van der Waals surface area contributed by atoms with E-state index in [9.17, 15) is 4.79 Å². The Hall–Kier alpha value is -1.94. The van der Waals surface area contributed by atoms with E-state index in [4.69, 9.17) is 5.73 Å². The van der Waals surface area contributed by atoms with E-state index < -0.39 is 0 Å². The molecule has 0 aliphatic carbocycles. The van der Waals surface area contributed by atoms with Crippen molar-refractivity contribution in [2.75, 3.05) is 11.1 Å². The third-order valence-electron chi connectivity index (χ3n) is 3.18. The summed E-state index contributed by atoms with van der Waals surface area (Å²) < 4.78 is 0. The van der Waals surface area contributed by atoms with Gasteiger partial charge in [-0.2, -0.15) is 0 Å². The maximum absolute atomic E-state index is 12.2. The molecular weight excluding hydrogens is 280 g/mol. The largest absolute Gasteiger partial charge is 0.399 e. The van der Waals surface area contributed by atoms with Gasteiger partial charge in [0.25, 0.3) is 0 Å². The van der Waals surface area contributed by atoms with Gasteiger partial charge < -0.3 is 11.1 Å². The van der Waals surface area contributed by atoms with Gasteiger partial charge in [-0.15, -0.1) is 11.8 Å². The summed E-state index contributed by atoms with van der Waals surface area (Å²) >= 11 is 1.57. The molecule has 0 saturated carbocycles. The summed E-state index contributed by atoms with van der Waals surface area (Å²) in [6.07, 6.45) is 0. The first-order valence-corrected chi connectivity index (χ1v) is 7.74. The first kappa shape index (κ1) is 15.4. The van der Waals surface area contributed by atoms with Crippen LogP contribution < -0.4 is 11.1 Å². The first-order chi connectivity index (χ1) is 9.95. The second-order valence-corrected chi connectivity index (χ2v) is 6.52. The lowest BCUT2D eigenvalue weighted by Gasteiger charge is -2.14. The Bertz CT molecular complexity index is 638. The second-order valence-electron chi connectivity index (χ2n) is 5.14. The Morgan fingerprint density at radius 1 is 1.14 bits per heavy atom. The van der Waals surface area contributed by atoms with E-state index in [1.54, 1.807) is 23.9 Å². The van der Waals surface area contributed by atoms with Crippen LogP contribution in [0.4, 0.5) is 11.4 Å². The molecule has 0 aromatic heterocycles. The van der Waals surface area contributed by atoms with Gasteiger partial charge in [0.05, 0.1) is 5.25 Å². The van der Waals surface area contributed by atoms with E-state index in [2.05, 4.69) is 37.4 Å². The number of nitrogens with two attached hydrogens (primary N) is 1. The van der Waals surface area contributed by atoms with E-state index in [1.807, 2.05) is 19.1 Å². The van der Waals surface area contributed by atoms with Gasteiger partial charge in [-0.1, -0.05) is 17.7 Å². The van der Waals surface area contributed by atoms with Crippen molar-refractivity contribution in [1.82, 2.24) is 0 Å². The minimum absolute atomic E-state index is 0.00949. The quantitative estimate of drug-likeness (QED) is 0.662. The smallest absolute Gasteiger partial charge is 0.237 e. The lowest BCUT2D eigenvalue weighted by molar-refractivity contribution is -0.115. The molecule has 0 radical (unpaired) electrons. The number of carbonyl (C=O) groups excluding carboxylic acids is 1. The molecule has 0 heterocycles. The van der Waals surface area contributed by atoms with Gasteiger partial charge >= 0.3 is 0 Å². The van der Waals surface area contributed by atoms with Crippen LogP contribution in [0, 0.1) is 13.8 Å². The number of carbonyl (C=O) groups is 1. The Balaban J connectivity index is 2.00. The average molecular weight is 300 g/mol. The fourth-order valence-corrected chi connectivity index (χ4v) is 2.92. The lowest BCUT2D eigenvalue weighted by atomic mass is 10.2. The maximum atomic E-state index is 12.2. The van der Waals surface area contributed by atoms with Gasteiger partial charge in [-0.25, -0.2) is 0 Å². The molecule has 3 nitrogen and oxygen atoms in total. The van der Waals surface area contributed by atoms with E-state index in [1.165, 1.54) is 11.1 Å². The third-order valence-corrected chi connectivity index (χ3v) is 4.46. The van der Waals surface area contributed by atoms with Crippen molar-refractivity contribution in [2.45, 2.75) is 30.9 Å². The van der Waals surface area contributed by atoms with Crippen LogP contribution in [0.25, 0.3) is 0 Å². The van der Waals surface area contributed by atoms with Gasteiger partial charge in [0.15, 0.2) is 0 Å². The molecule has 2 rings (SSSR count). The van der Waals surface area contributed by atoms with E-state index in [0.29, 0.717) is 5.69 Å². The summed E-state index contributed by atoms with van der Waals surface area (Å²) in [6, 6.07) is 13.4. The maximum Gasteiger partial charge on any atom is 0.237 e. The number of amides is 1. The molecule has 1 atom stereocenters. The van der Waals surface area contributed by atoms with Crippen LogP contribution in [0.3, 0.4) is 0 Å². The predicted octanol–water partition coefficient (Wildman–Crippen LogP) is 4.00. The average Bonchev–Trinajstić information content (AvgIpc) is 2.44. The van der Waals surface area contributed by atoms with Gasteiger partial charge in [0.1, 0.15) is 0 Å². The molecule has 4 heteroatoms. The Labute approximate surface area is 129 Å². The zero-order chi connectivity index (χ0) is 15.4. The molecule has 0 aliphatic rings. The number of hydrogen-bond donors (Lipinski definition) is 2. The summed E-state index contributed by atoms with van der Waals surface area (Å²) in [6.45, 7) is 6.05. The van der Waals surface area contributed by atoms with Crippen LogP contribution in [-0.4, -0.2) is 11.2 Å². The summed E-state index contributed by atoms with van der Waals surface area (Å²) in [5.41, 5.74) is 9.52. The normalized spacial score (nSPS) is 12.0. The Morgan fingerprint density at radius 2 is 1.81 bits per heavy atom. The third kappa shape index (κ3) is 4.26. The van der Waals surface area contributed by atoms with Crippen molar-refractivity contribution in [3.63, 3.8) is 0 Å². The fourth-order valence-electron chi connectivity index (χ4n) is 1.99. The molecule has 2 aromatic rings. The van der Waals surface area contributed by atoms with Crippen LogP contribution in [0.2, 0.25) is 0 Å². The van der Waals surface area contributed by atoms with Crippen molar-refractivity contribution in [3.05, 3.63) is 53.6 Å². The molecule has 21 heavy (non-hydrogen) atoms. The molecular formula is C17H20N2OS. The number of hydrogen-bond acceptors (Lipinski definition) is 3. The lowest BCUT2D eigenvalue weighted by Crippen LogP contribution is -2.22. The van der Waals surface area contributed by atoms with Gasteiger partial charge in [-0.3, -0.25) is 4.79 Å². The number of aryl methyl sites for hydroxylation is 2. The molecule has 2 aromatic carbocycles. The Kier molecular flexibility index (Phi) is 4.91. The van der Waals surface area contributed by atoms with Crippen LogP contribution in [0.15, 0.2) is 47.4 Å². The molecule has 1 unspecified atom stereocenters. The van der Waals surface area contributed by atoms with E-state index >= 15 is 0 Å². The fraction of sp³-hybridized carbons (Fsp3) is 0.235. The van der Waals surface area contributed by atoms with Crippen LogP contribution in [-0.2, 0) is 4.79 Å². The van der Waals surface area contributed by atoms with Gasteiger partial charge in [0.2, 0.25) is 5.91 Å². The zero-order valence-electron chi connectivity index (χ0n) is 12.5. The molecule has 0 saturated heterocycles. The number of thioether (sulfide) groups is 1. The highest BCUT2D eigenvalue weighted by Gasteiger charge is 2.15. The van der Waals surface area contributed by atoms with Crippen molar-refractivity contribution < 1.29 is 4.79 Å². The number of anilines is 2. The summed E-state index contributed by atoms with van der Waals surface area (Å²) in [4.78, 5) is 13.4. The molecule has 110 valence electrons. The molecule has 0 bridgehead atoms. The van der Waals surface area contributed by atoms with Crippen molar-refractivity contribution in [2.24, 2.45) is 0 Å². The van der Waals surface area contributed by atoms with Crippen molar-refractivity contribution in [3.8, 4) is 0 Å². The summed E-state index contributed by atoms with van der Waals surface area (Å²) in [7, 11) is 0. The second kappa shape index (κ2) is 6.68. The topological polar surface area (TPSA) is 55.1 Å². The molecule has 0 aliphatic heterocycles. The van der Waals surface area contributed by atoms with Gasteiger partial charge in [0, 0.05) is 16.3 Å². The standard InChI is InChI=1S/C17H20N2OS/c1-11-4-9-16(12(2)10-11)21-13(3)17(20)19-15-7-5-14(18)6-8-15/h4-10,13H,18H2,1-3H3,(H,19,20). The predicted molar refractivity (Wildman–Crippen MR) is 90.7 cm³/mol. The van der Waals surface area contributed by atoms with Crippen molar-refractivity contribution in [1.29, 1.82) is 0 Å². The molecule has 3 N–H and O–H groups in total. The number of rotatable bonds is 4. The number of nitrogens with one attached hydrogen (secondary N) is 1. The minimum Gasteiger partial charge on any atom is -0.399 e. The molecule has 0 fully saturated rings. The SMILES string of the molecule is Cc1ccc(SC(C)C(=O)Nc2ccc(N)cc2)c(C)c1. The minimum atomic E-state index is -0.163. The Morgan fingerprint density at radius 3 is 2.43 bits per heavy atom. The van der Waals surface area contributed by atoms with Crippen LogP contribution in [0.1, 0.15) is 18.1 Å². The first-order valence-electron chi connectivity index (χ1n) is 6.86. The summed E-state index contributed by atoms with van der Waals surface area (Å²) in [5.74, 6) is -0.00949. The number of nitrogen functional groups attached to an aromatic ring is 1. The highest BCUT2D eigenvalue weighted by molar-refractivity contribution is 8.00. The monoisotopic (exact) mass is 300 g/mol. The van der Waals surface area contributed by atoms with E-state index in [-0.39, 0.29) is 11.2 Å². The van der Waals surface area contributed by atoms with Crippen LogP contribution >= 0.6 is 11.8 Å². The van der Waals surface area contributed by atoms with Crippen LogP contribution in [0.5, 0.6) is 0 Å². The summed E-state index contributed by atoms with van der Waals surface area (Å²) in [5, 5.41) is 2.74. The zero-order valence-corrected chi connectivity index (χ0v) is 13.3. The van der Waals surface area contributed by atoms with E-state index in [0.717, 1.165) is 10.6 Å².